The molecule has 2 nitrogen and oxygen atoms in total. The molecule has 0 radical (unpaired) electrons. The van der Waals surface area contributed by atoms with E-state index in [4.69, 9.17) is 0 Å². The van der Waals surface area contributed by atoms with E-state index in [2.05, 4.69) is 28.8 Å². The van der Waals surface area contributed by atoms with Gasteiger partial charge in [-0.2, -0.15) is 0 Å². The lowest BCUT2D eigenvalue weighted by Crippen LogP contribution is -2.29. The SMILES string of the molecule is c1cc2c(c([C@H]3CCCNC3)c1)NCCC2. The van der Waals surface area contributed by atoms with Crippen molar-refractivity contribution in [2.24, 2.45) is 0 Å². The predicted molar refractivity (Wildman–Crippen MR) is 68.1 cm³/mol. The molecule has 2 aliphatic heterocycles. The number of para-hydroxylation sites is 1. The van der Waals surface area contributed by atoms with Gasteiger partial charge in [-0.1, -0.05) is 18.2 Å². The molecule has 0 amide bonds. The van der Waals surface area contributed by atoms with Crippen LogP contribution in [0.2, 0.25) is 0 Å². The Labute approximate surface area is 97.4 Å². The third-order valence-corrected chi connectivity index (χ3v) is 3.84. The van der Waals surface area contributed by atoms with E-state index in [0.29, 0.717) is 5.92 Å². The van der Waals surface area contributed by atoms with Crippen LogP contribution >= 0.6 is 0 Å². The van der Waals surface area contributed by atoms with Crippen LogP contribution in [0, 0.1) is 0 Å². The minimum atomic E-state index is 0.717. The van der Waals surface area contributed by atoms with E-state index in [1.165, 1.54) is 43.5 Å². The third-order valence-electron chi connectivity index (χ3n) is 3.84. The van der Waals surface area contributed by atoms with Crippen molar-refractivity contribution in [1.29, 1.82) is 0 Å². The van der Waals surface area contributed by atoms with Gasteiger partial charge in [0.1, 0.15) is 0 Å². The second kappa shape index (κ2) is 4.46. The van der Waals surface area contributed by atoms with E-state index in [1.807, 2.05) is 0 Å². The monoisotopic (exact) mass is 216 g/mol. The van der Waals surface area contributed by atoms with Gasteiger partial charge < -0.3 is 10.6 Å². The van der Waals surface area contributed by atoms with Crippen molar-refractivity contribution in [3.8, 4) is 0 Å². The molecule has 0 aliphatic carbocycles. The first-order valence-electron chi connectivity index (χ1n) is 6.51. The average molecular weight is 216 g/mol. The van der Waals surface area contributed by atoms with Gasteiger partial charge in [-0.25, -0.2) is 0 Å². The largest absolute Gasteiger partial charge is 0.385 e. The Bertz CT molecular complexity index is 367. The number of aryl methyl sites for hydroxylation is 1. The van der Waals surface area contributed by atoms with E-state index in [-0.39, 0.29) is 0 Å². The van der Waals surface area contributed by atoms with Crippen LogP contribution in [0.3, 0.4) is 0 Å². The fourth-order valence-corrected chi connectivity index (χ4v) is 2.99. The molecular weight excluding hydrogens is 196 g/mol. The number of fused-ring (bicyclic) bond motifs is 1. The Hall–Kier alpha value is -1.02. The summed E-state index contributed by atoms with van der Waals surface area (Å²) in [6, 6.07) is 6.83. The van der Waals surface area contributed by atoms with Crippen LogP contribution in [-0.4, -0.2) is 19.6 Å². The molecule has 2 heterocycles. The normalized spacial score (nSPS) is 24.6. The number of benzene rings is 1. The molecule has 2 N–H and O–H groups in total. The van der Waals surface area contributed by atoms with Gasteiger partial charge in [0.05, 0.1) is 0 Å². The topological polar surface area (TPSA) is 24.1 Å². The van der Waals surface area contributed by atoms with Crippen molar-refractivity contribution in [2.45, 2.75) is 31.6 Å². The molecule has 0 spiro atoms. The molecule has 1 aromatic carbocycles. The lowest BCUT2D eigenvalue weighted by Gasteiger charge is -2.28. The van der Waals surface area contributed by atoms with E-state index in [1.54, 1.807) is 5.56 Å². The van der Waals surface area contributed by atoms with Gasteiger partial charge in [0.2, 0.25) is 0 Å². The summed E-state index contributed by atoms with van der Waals surface area (Å²) in [5, 5.41) is 7.11. The maximum Gasteiger partial charge on any atom is 0.0408 e. The number of nitrogens with one attached hydrogen (secondary N) is 2. The van der Waals surface area contributed by atoms with Gasteiger partial charge in [-0.05, 0) is 49.3 Å². The van der Waals surface area contributed by atoms with E-state index in [0.717, 1.165) is 13.1 Å². The van der Waals surface area contributed by atoms with Crippen LogP contribution < -0.4 is 10.6 Å². The van der Waals surface area contributed by atoms with Crippen LogP contribution in [-0.2, 0) is 6.42 Å². The van der Waals surface area contributed by atoms with Crippen molar-refractivity contribution in [1.82, 2.24) is 5.32 Å². The predicted octanol–water partition coefficient (Wildman–Crippen LogP) is 2.51. The Morgan fingerprint density at radius 2 is 2.12 bits per heavy atom. The highest BCUT2D eigenvalue weighted by atomic mass is 14.9. The molecule has 2 aliphatic rings. The highest BCUT2D eigenvalue weighted by Crippen LogP contribution is 2.34. The number of anilines is 1. The van der Waals surface area contributed by atoms with Crippen molar-refractivity contribution >= 4 is 5.69 Å². The molecule has 1 atom stereocenters. The van der Waals surface area contributed by atoms with Crippen molar-refractivity contribution in [2.75, 3.05) is 25.0 Å². The Morgan fingerprint density at radius 3 is 3.00 bits per heavy atom. The maximum absolute atomic E-state index is 3.60. The lowest BCUT2D eigenvalue weighted by atomic mass is 9.87. The molecule has 1 aromatic rings. The maximum atomic E-state index is 3.60. The Balaban J connectivity index is 1.93. The fraction of sp³-hybridized carbons (Fsp3) is 0.571. The summed E-state index contributed by atoms with van der Waals surface area (Å²) in [4.78, 5) is 0. The molecule has 3 rings (SSSR count). The lowest BCUT2D eigenvalue weighted by molar-refractivity contribution is 0.462. The molecular formula is C14H20N2. The molecule has 0 aromatic heterocycles. The smallest absolute Gasteiger partial charge is 0.0408 e. The zero-order chi connectivity index (χ0) is 10.8. The fourth-order valence-electron chi connectivity index (χ4n) is 2.99. The molecule has 16 heavy (non-hydrogen) atoms. The first-order valence-corrected chi connectivity index (χ1v) is 6.51. The average Bonchev–Trinajstić information content (AvgIpc) is 2.39. The van der Waals surface area contributed by atoms with Gasteiger partial charge in [-0.3, -0.25) is 0 Å². The molecule has 0 saturated carbocycles. The molecule has 2 heteroatoms. The van der Waals surface area contributed by atoms with Gasteiger partial charge in [0.15, 0.2) is 0 Å². The summed E-state index contributed by atoms with van der Waals surface area (Å²) in [7, 11) is 0. The zero-order valence-electron chi connectivity index (χ0n) is 9.76. The van der Waals surface area contributed by atoms with Crippen LogP contribution in [0.15, 0.2) is 18.2 Å². The van der Waals surface area contributed by atoms with Gasteiger partial charge in [0, 0.05) is 18.8 Å². The second-order valence-corrected chi connectivity index (χ2v) is 4.95. The van der Waals surface area contributed by atoms with Crippen LogP contribution in [0.5, 0.6) is 0 Å². The number of hydrogen-bond acceptors (Lipinski definition) is 2. The highest BCUT2D eigenvalue weighted by molar-refractivity contribution is 5.60. The summed E-state index contributed by atoms with van der Waals surface area (Å²) < 4.78 is 0. The van der Waals surface area contributed by atoms with Crippen molar-refractivity contribution < 1.29 is 0 Å². The quantitative estimate of drug-likeness (QED) is 0.753. The van der Waals surface area contributed by atoms with E-state index < -0.39 is 0 Å². The second-order valence-electron chi connectivity index (χ2n) is 4.95. The van der Waals surface area contributed by atoms with E-state index >= 15 is 0 Å². The number of hydrogen-bond donors (Lipinski definition) is 2. The van der Waals surface area contributed by atoms with Crippen LogP contribution in [0.25, 0.3) is 0 Å². The van der Waals surface area contributed by atoms with Crippen LogP contribution in [0.4, 0.5) is 5.69 Å². The van der Waals surface area contributed by atoms with Gasteiger partial charge in [0.25, 0.3) is 0 Å². The third kappa shape index (κ3) is 1.82. The number of piperidine rings is 1. The summed E-state index contributed by atoms with van der Waals surface area (Å²) in [5.41, 5.74) is 4.51. The van der Waals surface area contributed by atoms with Crippen LogP contribution in [0.1, 0.15) is 36.3 Å². The number of rotatable bonds is 1. The molecule has 0 bridgehead atoms. The van der Waals surface area contributed by atoms with Gasteiger partial charge in [-0.15, -0.1) is 0 Å². The Kier molecular flexibility index (Phi) is 2.83. The first kappa shape index (κ1) is 10.2. The molecule has 1 fully saturated rings. The summed E-state index contributed by atoms with van der Waals surface area (Å²) in [6.07, 6.45) is 5.18. The molecule has 1 saturated heterocycles. The van der Waals surface area contributed by atoms with Crippen molar-refractivity contribution in [3.63, 3.8) is 0 Å². The van der Waals surface area contributed by atoms with Gasteiger partial charge >= 0.3 is 0 Å². The van der Waals surface area contributed by atoms with Crippen molar-refractivity contribution in [3.05, 3.63) is 29.3 Å². The zero-order valence-corrected chi connectivity index (χ0v) is 9.76. The summed E-state index contributed by atoms with van der Waals surface area (Å²) >= 11 is 0. The highest BCUT2D eigenvalue weighted by Gasteiger charge is 2.20. The minimum Gasteiger partial charge on any atom is -0.385 e. The standard InChI is InChI=1S/C14H20N2/c1-4-11-5-3-9-16-14(11)13(7-1)12-6-2-8-15-10-12/h1,4,7,12,15-16H,2-3,5-6,8-10H2/t12-/m0/s1. The van der Waals surface area contributed by atoms with E-state index in [9.17, 15) is 0 Å². The summed E-state index contributed by atoms with van der Waals surface area (Å²) in [5.74, 6) is 0.717. The Morgan fingerprint density at radius 1 is 1.12 bits per heavy atom. The molecule has 0 unspecified atom stereocenters. The minimum absolute atomic E-state index is 0.717. The first-order chi connectivity index (χ1) is 7.95. The summed E-state index contributed by atoms with van der Waals surface area (Å²) in [6.45, 7) is 3.49. The molecule has 86 valence electrons.